The maximum Gasteiger partial charge on any atom is 0.248 e. The van der Waals surface area contributed by atoms with Gasteiger partial charge in [-0.3, -0.25) is 4.79 Å². The van der Waals surface area contributed by atoms with Crippen molar-refractivity contribution in [3.05, 3.63) is 64.1 Å². The van der Waals surface area contributed by atoms with Crippen LogP contribution in [-0.2, 0) is 4.79 Å². The molecule has 0 saturated carbocycles. The first kappa shape index (κ1) is 14.4. The van der Waals surface area contributed by atoms with Crippen molar-refractivity contribution in [2.45, 2.75) is 0 Å². The van der Waals surface area contributed by atoms with Crippen molar-refractivity contribution in [2.75, 3.05) is 5.32 Å². The topological polar surface area (TPSA) is 49.3 Å². The van der Waals surface area contributed by atoms with Gasteiger partial charge in [0.1, 0.15) is 5.75 Å². The van der Waals surface area contributed by atoms with Crippen molar-refractivity contribution < 1.29 is 9.90 Å². The molecule has 0 fully saturated rings. The number of carbonyl (C=O) groups is 1. The molecule has 5 heteroatoms. The molecule has 0 unspecified atom stereocenters. The Morgan fingerprint density at radius 2 is 1.65 bits per heavy atom. The smallest absolute Gasteiger partial charge is 0.248 e. The lowest BCUT2D eigenvalue weighted by molar-refractivity contribution is -0.111. The molecule has 0 spiro atoms. The van der Waals surface area contributed by atoms with E-state index in [0.717, 1.165) is 5.56 Å². The van der Waals surface area contributed by atoms with E-state index in [4.69, 9.17) is 28.3 Å². The summed E-state index contributed by atoms with van der Waals surface area (Å²) in [5.74, 6) is -0.164. The fraction of sp³-hybridized carbons (Fsp3) is 0. The van der Waals surface area contributed by atoms with E-state index in [9.17, 15) is 4.79 Å². The van der Waals surface area contributed by atoms with Gasteiger partial charge in [-0.15, -0.1) is 0 Å². The van der Waals surface area contributed by atoms with Gasteiger partial charge in [-0.25, -0.2) is 0 Å². The van der Waals surface area contributed by atoms with Crippen LogP contribution in [0.2, 0.25) is 10.0 Å². The molecule has 2 aromatic rings. The van der Waals surface area contributed by atoms with E-state index in [1.807, 2.05) is 0 Å². The number of hydrogen-bond acceptors (Lipinski definition) is 2. The van der Waals surface area contributed by atoms with E-state index >= 15 is 0 Å². The van der Waals surface area contributed by atoms with Crippen LogP contribution in [0.25, 0.3) is 6.08 Å². The molecule has 102 valence electrons. The number of halogens is 2. The molecule has 2 rings (SSSR count). The Balaban J connectivity index is 2.07. The molecule has 0 atom stereocenters. The second-order valence-electron chi connectivity index (χ2n) is 4.01. The molecular formula is C15H11Cl2NO2. The van der Waals surface area contributed by atoms with E-state index < -0.39 is 0 Å². The van der Waals surface area contributed by atoms with Crippen LogP contribution in [0.1, 0.15) is 5.56 Å². The molecule has 2 aromatic carbocycles. The Hall–Kier alpha value is -1.97. The van der Waals surface area contributed by atoms with Crippen LogP contribution in [0.5, 0.6) is 5.75 Å². The Kier molecular flexibility index (Phi) is 4.66. The zero-order valence-electron chi connectivity index (χ0n) is 10.3. The molecule has 0 aromatic heterocycles. The van der Waals surface area contributed by atoms with Gasteiger partial charge in [0, 0.05) is 6.08 Å². The average Bonchev–Trinajstić information content (AvgIpc) is 2.42. The number of nitrogens with one attached hydrogen (secondary N) is 1. The summed E-state index contributed by atoms with van der Waals surface area (Å²) < 4.78 is 0. The minimum Gasteiger partial charge on any atom is -0.508 e. The third kappa shape index (κ3) is 3.76. The molecule has 0 bridgehead atoms. The highest BCUT2D eigenvalue weighted by atomic mass is 35.5. The third-order valence-corrected chi connectivity index (χ3v) is 3.16. The van der Waals surface area contributed by atoms with Crippen LogP contribution in [0.3, 0.4) is 0 Å². The van der Waals surface area contributed by atoms with Crippen LogP contribution < -0.4 is 5.32 Å². The lowest BCUT2D eigenvalue weighted by atomic mass is 10.2. The van der Waals surface area contributed by atoms with E-state index in [0.29, 0.717) is 15.7 Å². The lowest BCUT2D eigenvalue weighted by Gasteiger charge is -2.06. The number of rotatable bonds is 3. The SMILES string of the molecule is O=C(/C=C/c1ccc(O)cc1)Nc1c(Cl)cccc1Cl. The Labute approximate surface area is 126 Å². The Morgan fingerprint density at radius 3 is 2.25 bits per heavy atom. The molecule has 20 heavy (non-hydrogen) atoms. The summed E-state index contributed by atoms with van der Waals surface area (Å²) in [6, 6.07) is 11.5. The van der Waals surface area contributed by atoms with Crippen LogP contribution in [-0.4, -0.2) is 11.0 Å². The van der Waals surface area contributed by atoms with E-state index in [2.05, 4.69) is 5.32 Å². The number of phenolic OH excluding ortho intramolecular Hbond substituents is 1. The van der Waals surface area contributed by atoms with Crippen molar-refractivity contribution in [3.63, 3.8) is 0 Å². The van der Waals surface area contributed by atoms with Crippen molar-refractivity contribution >= 4 is 40.9 Å². The summed E-state index contributed by atoms with van der Waals surface area (Å²) in [6.45, 7) is 0. The number of benzene rings is 2. The van der Waals surface area contributed by atoms with Crippen molar-refractivity contribution in [1.29, 1.82) is 0 Å². The summed E-state index contributed by atoms with van der Waals surface area (Å²) in [5.41, 5.74) is 1.18. The molecule has 0 radical (unpaired) electrons. The summed E-state index contributed by atoms with van der Waals surface area (Å²) in [5, 5.41) is 12.5. The third-order valence-electron chi connectivity index (χ3n) is 2.53. The molecule has 0 aliphatic rings. The molecule has 3 nitrogen and oxygen atoms in total. The number of phenols is 1. The quantitative estimate of drug-likeness (QED) is 0.828. The molecule has 0 saturated heterocycles. The number of carbonyl (C=O) groups excluding carboxylic acids is 1. The molecule has 2 N–H and O–H groups in total. The zero-order valence-corrected chi connectivity index (χ0v) is 11.8. The van der Waals surface area contributed by atoms with Gasteiger partial charge in [-0.1, -0.05) is 41.4 Å². The second kappa shape index (κ2) is 6.46. The van der Waals surface area contributed by atoms with Crippen LogP contribution in [0.4, 0.5) is 5.69 Å². The number of aromatic hydroxyl groups is 1. The first-order chi connectivity index (χ1) is 9.56. The molecule has 0 aliphatic carbocycles. The first-order valence-corrected chi connectivity index (χ1v) is 6.54. The number of hydrogen-bond donors (Lipinski definition) is 2. The number of anilines is 1. The van der Waals surface area contributed by atoms with Gasteiger partial charge < -0.3 is 10.4 Å². The zero-order chi connectivity index (χ0) is 14.5. The van der Waals surface area contributed by atoms with Gasteiger partial charge >= 0.3 is 0 Å². The van der Waals surface area contributed by atoms with Crippen LogP contribution in [0.15, 0.2) is 48.5 Å². The van der Waals surface area contributed by atoms with Gasteiger partial charge in [0.15, 0.2) is 0 Å². The molecule has 1 amide bonds. The van der Waals surface area contributed by atoms with Gasteiger partial charge in [0.2, 0.25) is 5.91 Å². The van der Waals surface area contributed by atoms with Crippen molar-refractivity contribution in [1.82, 2.24) is 0 Å². The maximum atomic E-state index is 11.8. The molecular weight excluding hydrogens is 297 g/mol. The fourth-order valence-electron chi connectivity index (χ4n) is 1.54. The van der Waals surface area contributed by atoms with Gasteiger partial charge in [-0.2, -0.15) is 0 Å². The normalized spacial score (nSPS) is 10.7. The summed E-state index contributed by atoms with van der Waals surface area (Å²) in [4.78, 5) is 11.8. The van der Waals surface area contributed by atoms with Crippen molar-refractivity contribution in [3.8, 4) is 5.75 Å². The van der Waals surface area contributed by atoms with Gasteiger partial charge in [0.05, 0.1) is 15.7 Å². The van der Waals surface area contributed by atoms with Gasteiger partial charge in [-0.05, 0) is 35.9 Å². The monoisotopic (exact) mass is 307 g/mol. The minimum atomic E-state index is -0.340. The standard InChI is InChI=1S/C15H11Cl2NO2/c16-12-2-1-3-13(17)15(12)18-14(20)9-6-10-4-7-11(19)8-5-10/h1-9,19H,(H,18,20)/b9-6+. The second-order valence-corrected chi connectivity index (χ2v) is 4.83. The van der Waals surface area contributed by atoms with Crippen LogP contribution in [0, 0.1) is 0 Å². The summed E-state index contributed by atoms with van der Waals surface area (Å²) in [6.07, 6.45) is 2.99. The Morgan fingerprint density at radius 1 is 1.05 bits per heavy atom. The maximum absolute atomic E-state index is 11.8. The molecule has 0 aliphatic heterocycles. The van der Waals surface area contributed by atoms with Gasteiger partial charge in [0.25, 0.3) is 0 Å². The average molecular weight is 308 g/mol. The highest BCUT2D eigenvalue weighted by Crippen LogP contribution is 2.29. The lowest BCUT2D eigenvalue weighted by Crippen LogP contribution is -2.08. The van der Waals surface area contributed by atoms with E-state index in [1.165, 1.54) is 6.08 Å². The fourth-order valence-corrected chi connectivity index (χ4v) is 2.03. The summed E-state index contributed by atoms with van der Waals surface area (Å²) in [7, 11) is 0. The molecule has 0 heterocycles. The largest absolute Gasteiger partial charge is 0.508 e. The minimum absolute atomic E-state index is 0.175. The Bertz CT molecular complexity index is 631. The summed E-state index contributed by atoms with van der Waals surface area (Å²) >= 11 is 11.9. The van der Waals surface area contributed by atoms with E-state index in [-0.39, 0.29) is 11.7 Å². The highest BCUT2D eigenvalue weighted by molar-refractivity contribution is 6.39. The first-order valence-electron chi connectivity index (χ1n) is 5.78. The highest BCUT2D eigenvalue weighted by Gasteiger charge is 2.07. The number of amides is 1. The van der Waals surface area contributed by atoms with Crippen LogP contribution >= 0.6 is 23.2 Å². The van der Waals surface area contributed by atoms with Crippen molar-refractivity contribution in [2.24, 2.45) is 0 Å². The predicted octanol–water partition coefficient (Wildman–Crippen LogP) is 4.35. The number of para-hydroxylation sites is 1. The van der Waals surface area contributed by atoms with E-state index in [1.54, 1.807) is 48.5 Å². The predicted molar refractivity (Wildman–Crippen MR) is 82.2 cm³/mol.